The fraction of sp³-hybridized carbons (Fsp3) is 0.417. The number of imidazole rings is 1. The van der Waals surface area contributed by atoms with Gasteiger partial charge < -0.3 is 15.4 Å². The molecule has 1 heterocycles. The molecule has 0 radical (unpaired) electrons. The predicted octanol–water partition coefficient (Wildman–Crippen LogP) is 0.918. The molecule has 1 unspecified atom stereocenters. The van der Waals surface area contributed by atoms with Gasteiger partial charge in [-0.3, -0.25) is 0 Å². The standard InChI is InChI=1S/C12H17N3O/c1-2-15-11-6-4-3-5-10(11)14-12(15)7-9(16)8-13/h3-6,9,16H,2,7-8,13H2,1H3. The Morgan fingerprint density at radius 3 is 2.88 bits per heavy atom. The topological polar surface area (TPSA) is 64.1 Å². The van der Waals surface area contributed by atoms with Crippen molar-refractivity contribution >= 4 is 11.0 Å². The number of para-hydroxylation sites is 2. The Morgan fingerprint density at radius 2 is 2.19 bits per heavy atom. The van der Waals surface area contributed by atoms with Gasteiger partial charge in [0.05, 0.1) is 17.1 Å². The van der Waals surface area contributed by atoms with Crippen LogP contribution in [0, 0.1) is 0 Å². The van der Waals surface area contributed by atoms with Gasteiger partial charge in [0.1, 0.15) is 5.82 Å². The molecular weight excluding hydrogens is 202 g/mol. The Kier molecular flexibility index (Phi) is 3.22. The monoisotopic (exact) mass is 219 g/mol. The number of hydrogen-bond acceptors (Lipinski definition) is 3. The van der Waals surface area contributed by atoms with Gasteiger partial charge >= 0.3 is 0 Å². The van der Waals surface area contributed by atoms with Crippen molar-refractivity contribution in [3.05, 3.63) is 30.1 Å². The van der Waals surface area contributed by atoms with Crippen LogP contribution in [0.4, 0.5) is 0 Å². The molecule has 0 saturated carbocycles. The molecule has 2 rings (SSSR count). The number of aryl methyl sites for hydroxylation is 1. The van der Waals surface area contributed by atoms with E-state index in [-0.39, 0.29) is 6.54 Å². The third-order valence-electron chi connectivity index (χ3n) is 2.74. The fourth-order valence-corrected chi connectivity index (χ4v) is 1.93. The molecule has 1 atom stereocenters. The minimum atomic E-state index is -0.512. The van der Waals surface area contributed by atoms with Crippen LogP contribution in [-0.2, 0) is 13.0 Å². The number of nitrogens with zero attached hydrogens (tertiary/aromatic N) is 2. The van der Waals surface area contributed by atoms with Crippen LogP contribution in [0.15, 0.2) is 24.3 Å². The lowest BCUT2D eigenvalue weighted by atomic mass is 10.2. The quantitative estimate of drug-likeness (QED) is 0.803. The lowest BCUT2D eigenvalue weighted by Crippen LogP contribution is -2.23. The molecule has 86 valence electrons. The zero-order valence-electron chi connectivity index (χ0n) is 9.43. The van der Waals surface area contributed by atoms with E-state index in [1.807, 2.05) is 24.3 Å². The number of aliphatic hydroxyl groups excluding tert-OH is 1. The summed E-state index contributed by atoms with van der Waals surface area (Å²) in [5.74, 6) is 0.904. The molecule has 0 fully saturated rings. The van der Waals surface area contributed by atoms with Gasteiger partial charge in [0, 0.05) is 19.5 Å². The number of aliphatic hydroxyl groups is 1. The van der Waals surface area contributed by atoms with Crippen LogP contribution >= 0.6 is 0 Å². The smallest absolute Gasteiger partial charge is 0.112 e. The van der Waals surface area contributed by atoms with Crippen molar-refractivity contribution in [2.24, 2.45) is 5.73 Å². The summed E-state index contributed by atoms with van der Waals surface area (Å²) >= 11 is 0. The van der Waals surface area contributed by atoms with Gasteiger partial charge in [-0.05, 0) is 19.1 Å². The lowest BCUT2D eigenvalue weighted by Gasteiger charge is -2.09. The molecular formula is C12H17N3O. The molecule has 0 amide bonds. The highest BCUT2D eigenvalue weighted by atomic mass is 16.3. The molecule has 0 aliphatic carbocycles. The number of benzene rings is 1. The number of nitrogens with two attached hydrogens (primary N) is 1. The van der Waals surface area contributed by atoms with E-state index in [0.717, 1.165) is 23.4 Å². The van der Waals surface area contributed by atoms with E-state index in [4.69, 9.17) is 5.73 Å². The summed E-state index contributed by atoms with van der Waals surface area (Å²) in [4.78, 5) is 4.52. The summed E-state index contributed by atoms with van der Waals surface area (Å²) in [6, 6.07) is 8.00. The number of fused-ring (bicyclic) bond motifs is 1. The van der Waals surface area contributed by atoms with Crippen molar-refractivity contribution < 1.29 is 5.11 Å². The normalized spacial score (nSPS) is 13.2. The molecule has 0 aliphatic rings. The maximum Gasteiger partial charge on any atom is 0.112 e. The molecule has 2 aromatic rings. The number of rotatable bonds is 4. The third kappa shape index (κ3) is 1.94. The van der Waals surface area contributed by atoms with Crippen LogP contribution in [0.2, 0.25) is 0 Å². The summed E-state index contributed by atoms with van der Waals surface area (Å²) in [6.45, 7) is 3.20. The molecule has 0 bridgehead atoms. The highest BCUT2D eigenvalue weighted by Gasteiger charge is 2.12. The minimum Gasteiger partial charge on any atom is -0.391 e. The Hall–Kier alpha value is -1.39. The van der Waals surface area contributed by atoms with E-state index in [0.29, 0.717) is 6.42 Å². The summed E-state index contributed by atoms with van der Waals surface area (Å²) < 4.78 is 2.12. The minimum absolute atomic E-state index is 0.271. The van der Waals surface area contributed by atoms with Gasteiger partial charge in [-0.2, -0.15) is 0 Å². The van der Waals surface area contributed by atoms with Crippen molar-refractivity contribution in [1.29, 1.82) is 0 Å². The summed E-state index contributed by atoms with van der Waals surface area (Å²) in [7, 11) is 0. The molecule has 3 N–H and O–H groups in total. The fourth-order valence-electron chi connectivity index (χ4n) is 1.93. The van der Waals surface area contributed by atoms with Crippen LogP contribution in [-0.4, -0.2) is 27.3 Å². The highest BCUT2D eigenvalue weighted by Crippen LogP contribution is 2.16. The van der Waals surface area contributed by atoms with Gasteiger partial charge in [-0.25, -0.2) is 4.98 Å². The van der Waals surface area contributed by atoms with Crippen LogP contribution < -0.4 is 5.73 Å². The Bertz CT molecular complexity index is 478. The maximum absolute atomic E-state index is 9.58. The predicted molar refractivity (Wildman–Crippen MR) is 64.2 cm³/mol. The summed E-state index contributed by atoms with van der Waals surface area (Å²) in [6.07, 6.45) is 0.000984. The second kappa shape index (κ2) is 4.63. The van der Waals surface area contributed by atoms with Gasteiger partial charge in [0.2, 0.25) is 0 Å². The molecule has 0 spiro atoms. The van der Waals surface area contributed by atoms with Gasteiger partial charge in [-0.15, -0.1) is 0 Å². The summed E-state index contributed by atoms with van der Waals surface area (Å²) in [5.41, 5.74) is 7.51. The van der Waals surface area contributed by atoms with Crippen molar-refractivity contribution in [2.75, 3.05) is 6.54 Å². The van der Waals surface area contributed by atoms with E-state index in [9.17, 15) is 5.11 Å². The first-order chi connectivity index (χ1) is 7.76. The molecule has 1 aromatic carbocycles. The molecule has 4 nitrogen and oxygen atoms in total. The van der Waals surface area contributed by atoms with Gasteiger partial charge in [0.15, 0.2) is 0 Å². The zero-order valence-corrected chi connectivity index (χ0v) is 9.43. The lowest BCUT2D eigenvalue weighted by molar-refractivity contribution is 0.180. The second-order valence-corrected chi connectivity index (χ2v) is 3.85. The second-order valence-electron chi connectivity index (χ2n) is 3.85. The van der Waals surface area contributed by atoms with Crippen molar-refractivity contribution in [1.82, 2.24) is 9.55 Å². The SMILES string of the molecule is CCn1c(CC(O)CN)nc2ccccc21. The average molecular weight is 219 g/mol. The van der Waals surface area contributed by atoms with Crippen molar-refractivity contribution in [3.63, 3.8) is 0 Å². The molecule has 4 heteroatoms. The first-order valence-corrected chi connectivity index (χ1v) is 5.58. The first-order valence-electron chi connectivity index (χ1n) is 5.58. The van der Waals surface area contributed by atoms with Gasteiger partial charge in [0.25, 0.3) is 0 Å². The van der Waals surface area contributed by atoms with Crippen molar-refractivity contribution in [3.8, 4) is 0 Å². The van der Waals surface area contributed by atoms with Crippen LogP contribution in [0.1, 0.15) is 12.7 Å². The van der Waals surface area contributed by atoms with E-state index < -0.39 is 6.10 Å². The third-order valence-corrected chi connectivity index (χ3v) is 2.74. The van der Waals surface area contributed by atoms with E-state index in [1.165, 1.54) is 0 Å². The largest absolute Gasteiger partial charge is 0.391 e. The Balaban J connectivity index is 2.44. The van der Waals surface area contributed by atoms with Crippen molar-refractivity contribution in [2.45, 2.75) is 26.0 Å². The van der Waals surface area contributed by atoms with Crippen LogP contribution in [0.3, 0.4) is 0 Å². The Morgan fingerprint density at radius 1 is 1.44 bits per heavy atom. The molecule has 1 aromatic heterocycles. The van der Waals surface area contributed by atoms with Crippen LogP contribution in [0.25, 0.3) is 11.0 Å². The maximum atomic E-state index is 9.58. The summed E-state index contributed by atoms with van der Waals surface area (Å²) in [5, 5.41) is 9.58. The zero-order chi connectivity index (χ0) is 11.5. The Labute approximate surface area is 94.7 Å². The molecule has 0 saturated heterocycles. The number of hydrogen-bond donors (Lipinski definition) is 2. The highest BCUT2D eigenvalue weighted by molar-refractivity contribution is 5.75. The van der Waals surface area contributed by atoms with E-state index >= 15 is 0 Å². The van der Waals surface area contributed by atoms with E-state index in [2.05, 4.69) is 16.5 Å². The van der Waals surface area contributed by atoms with Crippen LogP contribution in [0.5, 0.6) is 0 Å². The average Bonchev–Trinajstić information content (AvgIpc) is 2.65. The number of aromatic nitrogens is 2. The van der Waals surface area contributed by atoms with Gasteiger partial charge in [-0.1, -0.05) is 12.1 Å². The van der Waals surface area contributed by atoms with E-state index in [1.54, 1.807) is 0 Å². The first kappa shape index (κ1) is 11.1. The molecule has 16 heavy (non-hydrogen) atoms. The molecule has 0 aliphatic heterocycles.